The minimum atomic E-state index is -4.64. The molecule has 1 aromatic heterocycles. The average molecular weight is 371 g/mol. The first-order chi connectivity index (χ1) is 12.2. The molecule has 1 saturated heterocycles. The van der Waals surface area contributed by atoms with E-state index in [4.69, 9.17) is 5.73 Å². The van der Waals surface area contributed by atoms with Crippen LogP contribution in [0.25, 0.3) is 0 Å². The van der Waals surface area contributed by atoms with E-state index >= 15 is 0 Å². The SMILES string of the molecule is NC(=O)c1nc(N2CCCCC2)ccc1C1CCC(O)(C(F)(F)F)CC1. The highest BCUT2D eigenvalue weighted by Crippen LogP contribution is 2.46. The lowest BCUT2D eigenvalue weighted by atomic mass is 9.75. The van der Waals surface area contributed by atoms with Gasteiger partial charge in [-0.3, -0.25) is 4.79 Å². The molecular formula is C18H24F3N3O2. The molecule has 0 aromatic carbocycles. The summed E-state index contributed by atoms with van der Waals surface area (Å²) in [5.74, 6) is -0.247. The molecule has 0 unspecified atom stereocenters. The van der Waals surface area contributed by atoms with Gasteiger partial charge in [-0.05, 0) is 62.5 Å². The van der Waals surface area contributed by atoms with Crippen LogP contribution in [0.5, 0.6) is 0 Å². The number of amides is 1. The minimum Gasteiger partial charge on any atom is -0.380 e. The molecular weight excluding hydrogens is 347 g/mol. The van der Waals surface area contributed by atoms with E-state index in [1.807, 2.05) is 6.07 Å². The summed E-state index contributed by atoms with van der Waals surface area (Å²) in [7, 11) is 0. The Kier molecular flexibility index (Phi) is 5.14. The van der Waals surface area contributed by atoms with Crippen LogP contribution in [0.15, 0.2) is 12.1 Å². The number of nitrogens with two attached hydrogens (primary N) is 1. The van der Waals surface area contributed by atoms with Gasteiger partial charge in [0.1, 0.15) is 11.5 Å². The maximum Gasteiger partial charge on any atom is 0.417 e. The Morgan fingerprint density at radius 3 is 2.35 bits per heavy atom. The van der Waals surface area contributed by atoms with Crippen LogP contribution in [0.2, 0.25) is 0 Å². The number of rotatable bonds is 3. The smallest absolute Gasteiger partial charge is 0.380 e. The summed E-state index contributed by atoms with van der Waals surface area (Å²) in [6.07, 6.45) is -1.83. The molecule has 3 N–H and O–H groups in total. The summed E-state index contributed by atoms with van der Waals surface area (Å²) >= 11 is 0. The second kappa shape index (κ2) is 7.06. The molecule has 3 rings (SSSR count). The summed E-state index contributed by atoms with van der Waals surface area (Å²) < 4.78 is 38.9. The third kappa shape index (κ3) is 3.65. The van der Waals surface area contributed by atoms with Gasteiger partial charge in [-0.25, -0.2) is 4.98 Å². The van der Waals surface area contributed by atoms with Crippen LogP contribution in [0.3, 0.4) is 0 Å². The van der Waals surface area contributed by atoms with E-state index in [0.717, 1.165) is 25.9 Å². The zero-order valence-electron chi connectivity index (χ0n) is 14.6. The number of carbonyl (C=O) groups is 1. The number of aliphatic hydroxyl groups is 1. The second-order valence-corrected chi connectivity index (χ2v) is 7.32. The predicted molar refractivity (Wildman–Crippen MR) is 91.0 cm³/mol. The maximum atomic E-state index is 13.0. The van der Waals surface area contributed by atoms with Crippen LogP contribution in [0.4, 0.5) is 19.0 Å². The molecule has 144 valence electrons. The van der Waals surface area contributed by atoms with Crippen molar-refractivity contribution in [1.29, 1.82) is 0 Å². The number of hydrogen-bond acceptors (Lipinski definition) is 4. The summed E-state index contributed by atoms with van der Waals surface area (Å²) in [5, 5.41) is 9.83. The van der Waals surface area contributed by atoms with Crippen molar-refractivity contribution in [2.24, 2.45) is 5.73 Å². The van der Waals surface area contributed by atoms with E-state index in [9.17, 15) is 23.1 Å². The summed E-state index contributed by atoms with van der Waals surface area (Å²) in [6.45, 7) is 1.74. The van der Waals surface area contributed by atoms with E-state index in [1.54, 1.807) is 6.07 Å². The van der Waals surface area contributed by atoms with E-state index in [1.165, 1.54) is 6.42 Å². The Labute approximate surface area is 150 Å². The van der Waals surface area contributed by atoms with Gasteiger partial charge >= 0.3 is 6.18 Å². The highest BCUT2D eigenvalue weighted by Gasteiger charge is 2.54. The van der Waals surface area contributed by atoms with Gasteiger partial charge in [-0.15, -0.1) is 0 Å². The number of alkyl halides is 3. The lowest BCUT2D eigenvalue weighted by Crippen LogP contribution is -2.47. The number of nitrogens with zero attached hydrogens (tertiary/aromatic N) is 2. The van der Waals surface area contributed by atoms with E-state index in [2.05, 4.69) is 9.88 Å². The topological polar surface area (TPSA) is 79.5 Å². The Hall–Kier alpha value is -1.83. The van der Waals surface area contributed by atoms with Crippen LogP contribution < -0.4 is 10.6 Å². The van der Waals surface area contributed by atoms with Crippen LogP contribution >= 0.6 is 0 Å². The molecule has 0 atom stereocenters. The molecule has 8 heteroatoms. The molecule has 1 aliphatic carbocycles. The molecule has 2 heterocycles. The number of piperidine rings is 1. The highest BCUT2D eigenvalue weighted by atomic mass is 19.4. The summed E-state index contributed by atoms with van der Waals surface area (Å²) in [4.78, 5) is 18.4. The van der Waals surface area contributed by atoms with Crippen molar-refractivity contribution >= 4 is 11.7 Å². The molecule has 2 aliphatic rings. The predicted octanol–water partition coefficient (Wildman–Crippen LogP) is 3.12. The van der Waals surface area contributed by atoms with Crippen LogP contribution in [-0.2, 0) is 0 Å². The zero-order chi connectivity index (χ0) is 18.9. The first-order valence-corrected chi connectivity index (χ1v) is 9.06. The number of primary amides is 1. The fraction of sp³-hybridized carbons (Fsp3) is 0.667. The van der Waals surface area contributed by atoms with Crippen molar-refractivity contribution in [2.75, 3.05) is 18.0 Å². The standard InChI is InChI=1S/C18H24F3N3O2/c19-18(20,21)17(26)8-6-12(7-9-17)13-4-5-14(23-15(13)16(22)25)24-10-2-1-3-11-24/h4-5,12,26H,1-3,6-11H2,(H2,22,25). The Balaban J connectivity index is 1.81. The van der Waals surface area contributed by atoms with Gasteiger partial charge in [0.2, 0.25) is 0 Å². The Bertz CT molecular complexity index is 664. The van der Waals surface area contributed by atoms with Crippen molar-refractivity contribution in [3.05, 3.63) is 23.4 Å². The van der Waals surface area contributed by atoms with Gasteiger partial charge in [0, 0.05) is 13.1 Å². The molecule has 0 radical (unpaired) electrons. The number of halogens is 3. The summed E-state index contributed by atoms with van der Waals surface area (Å²) in [5.41, 5.74) is 3.57. The number of anilines is 1. The van der Waals surface area contributed by atoms with E-state index in [0.29, 0.717) is 11.4 Å². The maximum absolute atomic E-state index is 13.0. The van der Waals surface area contributed by atoms with Gasteiger partial charge < -0.3 is 15.7 Å². The average Bonchev–Trinajstić information content (AvgIpc) is 2.62. The molecule has 2 fully saturated rings. The van der Waals surface area contributed by atoms with Gasteiger partial charge in [0.25, 0.3) is 5.91 Å². The van der Waals surface area contributed by atoms with Gasteiger partial charge in [0.15, 0.2) is 5.60 Å². The van der Waals surface area contributed by atoms with Gasteiger partial charge in [0.05, 0.1) is 0 Å². The molecule has 1 saturated carbocycles. The molecule has 0 bridgehead atoms. The molecule has 26 heavy (non-hydrogen) atoms. The summed E-state index contributed by atoms with van der Waals surface area (Å²) in [6, 6.07) is 3.58. The Morgan fingerprint density at radius 2 is 1.81 bits per heavy atom. The van der Waals surface area contributed by atoms with Crippen molar-refractivity contribution in [2.45, 2.75) is 62.6 Å². The number of carbonyl (C=O) groups excluding carboxylic acids is 1. The molecule has 1 amide bonds. The van der Waals surface area contributed by atoms with Gasteiger partial charge in [-0.2, -0.15) is 13.2 Å². The molecule has 1 aliphatic heterocycles. The normalized spacial score (nSPS) is 27.4. The molecule has 5 nitrogen and oxygen atoms in total. The first kappa shape index (κ1) is 18.9. The van der Waals surface area contributed by atoms with Crippen molar-refractivity contribution in [3.8, 4) is 0 Å². The Morgan fingerprint density at radius 1 is 1.19 bits per heavy atom. The third-order valence-corrected chi connectivity index (χ3v) is 5.61. The number of aromatic nitrogens is 1. The molecule has 1 aromatic rings. The largest absolute Gasteiger partial charge is 0.417 e. The van der Waals surface area contributed by atoms with Crippen LogP contribution in [0, 0.1) is 0 Å². The fourth-order valence-electron chi connectivity index (χ4n) is 3.98. The fourth-order valence-corrected chi connectivity index (χ4v) is 3.98. The van der Waals surface area contributed by atoms with Crippen molar-refractivity contribution in [1.82, 2.24) is 4.98 Å². The van der Waals surface area contributed by atoms with Crippen molar-refractivity contribution < 1.29 is 23.1 Å². The lowest BCUT2D eigenvalue weighted by molar-refractivity contribution is -0.270. The van der Waals surface area contributed by atoms with Crippen molar-refractivity contribution in [3.63, 3.8) is 0 Å². The molecule has 0 spiro atoms. The minimum absolute atomic E-state index is 0.135. The second-order valence-electron chi connectivity index (χ2n) is 7.32. The quantitative estimate of drug-likeness (QED) is 0.856. The van der Waals surface area contributed by atoms with Crippen LogP contribution in [0.1, 0.15) is 66.9 Å². The van der Waals surface area contributed by atoms with E-state index < -0.39 is 17.7 Å². The number of pyridine rings is 1. The first-order valence-electron chi connectivity index (χ1n) is 9.06. The monoisotopic (exact) mass is 371 g/mol. The van der Waals surface area contributed by atoms with Crippen LogP contribution in [-0.4, -0.2) is 40.9 Å². The number of hydrogen-bond donors (Lipinski definition) is 2. The third-order valence-electron chi connectivity index (χ3n) is 5.61. The lowest BCUT2D eigenvalue weighted by Gasteiger charge is -2.37. The van der Waals surface area contributed by atoms with E-state index in [-0.39, 0.29) is 37.3 Å². The highest BCUT2D eigenvalue weighted by molar-refractivity contribution is 5.93. The zero-order valence-corrected chi connectivity index (χ0v) is 14.6. The van der Waals surface area contributed by atoms with Gasteiger partial charge in [-0.1, -0.05) is 6.07 Å².